The van der Waals surface area contributed by atoms with Gasteiger partial charge in [0, 0.05) is 32.6 Å². The van der Waals surface area contributed by atoms with Gasteiger partial charge in [-0.1, -0.05) is 55.4 Å². The Balaban J connectivity index is 2.32. The van der Waals surface area contributed by atoms with Crippen molar-refractivity contribution >= 4 is 33.8 Å². The van der Waals surface area contributed by atoms with Gasteiger partial charge in [-0.3, -0.25) is 9.59 Å². The van der Waals surface area contributed by atoms with Gasteiger partial charge >= 0.3 is 12.0 Å². The van der Waals surface area contributed by atoms with Crippen molar-refractivity contribution in [2.45, 2.75) is 92.4 Å². The van der Waals surface area contributed by atoms with Gasteiger partial charge in [0.05, 0.1) is 13.4 Å². The van der Waals surface area contributed by atoms with Crippen LogP contribution in [0.2, 0.25) is 0 Å². The van der Waals surface area contributed by atoms with Crippen LogP contribution >= 0.6 is 0 Å². The third-order valence-electron chi connectivity index (χ3n) is 8.72. The Hall–Kier alpha value is -2.55. The molecule has 15 heteroatoms. The number of fused-ring (bicyclic) bond motifs is 1. The molecule has 1 saturated carbocycles. The molecule has 2 fully saturated rings. The number of amides is 4. The highest BCUT2D eigenvalue weighted by molar-refractivity contribution is 7.88. The van der Waals surface area contributed by atoms with E-state index in [4.69, 9.17) is 0 Å². The first-order valence-electron chi connectivity index (χ1n) is 14.3. The van der Waals surface area contributed by atoms with Crippen molar-refractivity contribution < 1.29 is 41.1 Å². The molecule has 0 aromatic rings. The second-order valence-electron chi connectivity index (χ2n) is 14.5. The molecule has 4 amide bonds. The lowest BCUT2D eigenvalue weighted by molar-refractivity contribution is -0.148. The van der Waals surface area contributed by atoms with Gasteiger partial charge in [0.2, 0.25) is 28.3 Å². The molecule has 248 valence electrons. The summed E-state index contributed by atoms with van der Waals surface area (Å²) in [6, 6.07) is -5.04. The van der Waals surface area contributed by atoms with Gasteiger partial charge in [0.15, 0.2) is 0 Å². The first-order chi connectivity index (χ1) is 19.3. The molecule has 2 rings (SSSR count). The number of urea groups is 1. The fraction of sp³-hybridized carbons (Fsp3) is 0.857. The lowest BCUT2D eigenvalue weighted by Crippen LogP contribution is -2.62. The summed E-state index contributed by atoms with van der Waals surface area (Å²) in [4.78, 5) is 54.4. The van der Waals surface area contributed by atoms with E-state index in [0.29, 0.717) is 0 Å². The summed E-state index contributed by atoms with van der Waals surface area (Å²) in [6.07, 6.45) is -2.75. The van der Waals surface area contributed by atoms with Crippen molar-refractivity contribution in [3.63, 3.8) is 0 Å². The van der Waals surface area contributed by atoms with Crippen molar-refractivity contribution in [1.29, 1.82) is 0 Å². The Morgan fingerprint density at radius 1 is 1.02 bits per heavy atom. The van der Waals surface area contributed by atoms with Crippen LogP contribution in [0.25, 0.3) is 0 Å². The average Bonchev–Trinajstić information content (AvgIpc) is 3.16. The zero-order valence-corrected chi connectivity index (χ0v) is 27.9. The highest BCUT2D eigenvalue weighted by atomic mass is 32.2. The smallest absolute Gasteiger partial charge is 0.328 e. The third kappa shape index (κ3) is 8.77. The predicted octanol–water partition coefficient (Wildman–Crippen LogP) is 1.80. The van der Waals surface area contributed by atoms with Crippen LogP contribution < -0.4 is 16.0 Å². The minimum Gasteiger partial charge on any atom is -0.467 e. The molecule has 3 N–H and O–H groups in total. The Morgan fingerprint density at radius 2 is 1.58 bits per heavy atom. The fourth-order valence-corrected chi connectivity index (χ4v) is 6.10. The molecule has 12 nitrogen and oxygen atoms in total. The van der Waals surface area contributed by atoms with Crippen molar-refractivity contribution in [1.82, 2.24) is 25.2 Å². The highest BCUT2D eigenvalue weighted by Gasteiger charge is 2.70. The number of likely N-dealkylation sites (N-methyl/N-ethyl adjacent to an activating group) is 1. The number of carbonyl (C=O) groups is 4. The molecular weight excluding hydrogens is 588 g/mol. The van der Waals surface area contributed by atoms with E-state index in [0.717, 1.165) is 17.7 Å². The monoisotopic (exact) mass is 637 g/mol. The fourth-order valence-electron chi connectivity index (χ4n) is 5.68. The summed E-state index contributed by atoms with van der Waals surface area (Å²) < 4.78 is 56.1. The van der Waals surface area contributed by atoms with Crippen LogP contribution in [0, 0.1) is 28.1 Å². The number of halogens is 2. The number of sulfonamides is 1. The predicted molar refractivity (Wildman–Crippen MR) is 156 cm³/mol. The highest BCUT2D eigenvalue weighted by Crippen LogP contribution is 2.65. The van der Waals surface area contributed by atoms with Crippen LogP contribution in [0.15, 0.2) is 0 Å². The molecule has 0 bridgehead atoms. The van der Waals surface area contributed by atoms with Crippen LogP contribution in [0.1, 0.15) is 61.8 Å². The van der Waals surface area contributed by atoms with E-state index < -0.39 is 81.7 Å². The first kappa shape index (κ1) is 36.6. The number of carbonyl (C=O) groups excluding carboxylic acids is 4. The average molecular weight is 638 g/mol. The van der Waals surface area contributed by atoms with Crippen molar-refractivity contribution in [3.8, 4) is 0 Å². The molecule has 1 heterocycles. The number of esters is 1. The molecule has 0 radical (unpaired) electrons. The number of methoxy groups -OCH3 is 1. The number of hydrogen-bond donors (Lipinski definition) is 3. The lowest BCUT2D eigenvalue weighted by Gasteiger charge is -2.39. The van der Waals surface area contributed by atoms with E-state index in [1.807, 2.05) is 34.6 Å². The maximum Gasteiger partial charge on any atom is 0.328 e. The topological polar surface area (TPSA) is 154 Å². The van der Waals surface area contributed by atoms with Gasteiger partial charge in [0.1, 0.15) is 18.1 Å². The molecule has 6 atom stereocenters. The second kappa shape index (κ2) is 12.8. The standard InChI is InChI=1S/C28H49F2N5O7S/c1-26(2,3)17(14-34(9)43(11,40)41)32-25(39)33-21(27(4,5)6)23(37)35-13-15-19(28(15,7)8)20(35)22(36)31-16(12-18(29)30)24(38)42-10/h15-21H,12-14H2,1-11H3,(H,31,36)(H2,32,33,39)/t15-,16-,17+,19-,20-,21+/m0/s1. The molecule has 1 aliphatic heterocycles. The Bertz CT molecular complexity index is 1180. The Labute approximate surface area is 254 Å². The Morgan fingerprint density at radius 3 is 2.02 bits per heavy atom. The zero-order chi connectivity index (χ0) is 33.5. The van der Waals surface area contributed by atoms with Crippen molar-refractivity contribution in [2.75, 3.05) is 33.5 Å². The van der Waals surface area contributed by atoms with E-state index >= 15 is 0 Å². The minimum absolute atomic E-state index is 0.00330. The van der Waals surface area contributed by atoms with Gasteiger partial charge in [0.25, 0.3) is 0 Å². The molecule has 1 aliphatic carbocycles. The molecule has 0 aromatic heterocycles. The lowest BCUT2D eigenvalue weighted by atomic mass is 9.85. The minimum atomic E-state index is -3.52. The van der Waals surface area contributed by atoms with Gasteiger partial charge in [-0.2, -0.15) is 0 Å². The quantitative estimate of drug-likeness (QED) is 0.292. The molecule has 0 aromatic carbocycles. The van der Waals surface area contributed by atoms with Crippen LogP contribution in [-0.4, -0.2) is 106 Å². The van der Waals surface area contributed by atoms with Crippen LogP contribution in [0.5, 0.6) is 0 Å². The molecular formula is C28H49F2N5O7S. The van der Waals surface area contributed by atoms with Crippen molar-refractivity contribution in [3.05, 3.63) is 0 Å². The number of nitrogens with one attached hydrogen (secondary N) is 3. The summed E-state index contributed by atoms with van der Waals surface area (Å²) >= 11 is 0. The van der Waals surface area contributed by atoms with E-state index in [2.05, 4.69) is 20.7 Å². The number of likely N-dealkylation sites (tertiary alicyclic amines) is 1. The number of rotatable bonds is 11. The summed E-state index contributed by atoms with van der Waals surface area (Å²) in [6.45, 7) is 14.9. The third-order valence-corrected chi connectivity index (χ3v) is 10.0. The zero-order valence-electron chi connectivity index (χ0n) is 27.1. The van der Waals surface area contributed by atoms with E-state index in [-0.39, 0.29) is 30.3 Å². The summed E-state index contributed by atoms with van der Waals surface area (Å²) in [5.41, 5.74) is -1.66. The van der Waals surface area contributed by atoms with E-state index in [9.17, 15) is 36.4 Å². The summed E-state index contributed by atoms with van der Waals surface area (Å²) in [7, 11) is -1.08. The maximum absolute atomic E-state index is 14.1. The Kier molecular flexibility index (Phi) is 10.9. The van der Waals surface area contributed by atoms with Gasteiger partial charge in [-0.05, 0) is 28.1 Å². The first-order valence-corrected chi connectivity index (χ1v) is 16.1. The molecule has 43 heavy (non-hydrogen) atoms. The maximum atomic E-state index is 14.1. The van der Waals surface area contributed by atoms with E-state index in [1.165, 1.54) is 11.9 Å². The molecule has 1 saturated heterocycles. The van der Waals surface area contributed by atoms with Crippen LogP contribution in [-0.2, 0) is 29.1 Å². The number of hydrogen-bond acceptors (Lipinski definition) is 7. The molecule has 0 unspecified atom stereocenters. The van der Waals surface area contributed by atoms with E-state index in [1.54, 1.807) is 20.8 Å². The normalized spacial score (nSPS) is 23.7. The summed E-state index contributed by atoms with van der Waals surface area (Å²) in [5, 5.41) is 7.92. The molecule has 2 aliphatic rings. The summed E-state index contributed by atoms with van der Waals surface area (Å²) in [5.74, 6) is -2.60. The van der Waals surface area contributed by atoms with Gasteiger partial charge in [-0.15, -0.1) is 0 Å². The number of alkyl halides is 2. The number of piperidine rings is 1. The van der Waals surface area contributed by atoms with Crippen LogP contribution in [0.3, 0.4) is 0 Å². The SMILES string of the molecule is COC(=O)[C@H](CC(F)F)NC(=O)[C@@H]1[C@@H]2[C@H](CN1C(=O)[C@@H](NC(=O)N[C@H](CN(C)S(C)(=O)=O)C(C)(C)C)C(C)(C)C)C2(C)C. The molecule has 0 spiro atoms. The largest absolute Gasteiger partial charge is 0.467 e. The van der Waals surface area contributed by atoms with Gasteiger partial charge in [-0.25, -0.2) is 31.1 Å². The van der Waals surface area contributed by atoms with Gasteiger partial charge < -0.3 is 25.6 Å². The van der Waals surface area contributed by atoms with Crippen LogP contribution in [0.4, 0.5) is 13.6 Å². The van der Waals surface area contributed by atoms with Crippen molar-refractivity contribution in [2.24, 2.45) is 28.1 Å². The number of ether oxygens (including phenoxy) is 1. The number of nitrogens with zero attached hydrogens (tertiary/aromatic N) is 2. The second-order valence-corrected chi connectivity index (χ2v) is 16.6.